The van der Waals surface area contributed by atoms with E-state index in [4.69, 9.17) is 4.74 Å². The van der Waals surface area contributed by atoms with Gasteiger partial charge in [-0.3, -0.25) is 4.40 Å². The Morgan fingerprint density at radius 2 is 1.81 bits per heavy atom. The highest BCUT2D eigenvalue weighted by atomic mass is 16.5. The first-order valence-electron chi connectivity index (χ1n) is 6.99. The Hall–Kier alpha value is -2.47. The Labute approximate surface area is 122 Å². The van der Waals surface area contributed by atoms with Gasteiger partial charge in [-0.25, -0.2) is 4.98 Å². The molecular formula is C15H15N5O. The van der Waals surface area contributed by atoms with Gasteiger partial charge in [0.1, 0.15) is 6.33 Å². The van der Waals surface area contributed by atoms with E-state index in [0.717, 1.165) is 37.4 Å². The first kappa shape index (κ1) is 12.3. The van der Waals surface area contributed by atoms with Gasteiger partial charge in [0, 0.05) is 36.7 Å². The van der Waals surface area contributed by atoms with Crippen LogP contribution in [0.15, 0.2) is 43.0 Å². The number of anilines is 1. The molecule has 3 aromatic rings. The smallest absolute Gasteiger partial charge is 0.254 e. The average Bonchev–Trinajstić information content (AvgIpc) is 3.03. The molecule has 0 saturated carbocycles. The molecule has 0 atom stereocenters. The number of benzene rings is 1. The highest BCUT2D eigenvalue weighted by molar-refractivity contribution is 5.65. The summed E-state index contributed by atoms with van der Waals surface area (Å²) >= 11 is 0. The molecule has 6 heteroatoms. The topological polar surface area (TPSA) is 55.5 Å². The number of hydrogen-bond acceptors (Lipinski definition) is 5. The van der Waals surface area contributed by atoms with Crippen LogP contribution < -0.4 is 4.90 Å². The SMILES string of the molecule is c1cc(N2CCOCC2)ccc1-c1cnc2nncn2c1. The van der Waals surface area contributed by atoms with E-state index < -0.39 is 0 Å². The zero-order valence-electron chi connectivity index (χ0n) is 11.5. The Morgan fingerprint density at radius 1 is 1.00 bits per heavy atom. The maximum Gasteiger partial charge on any atom is 0.254 e. The van der Waals surface area contributed by atoms with Crippen LogP contribution in [0.1, 0.15) is 0 Å². The Morgan fingerprint density at radius 3 is 2.62 bits per heavy atom. The standard InChI is InChI=1S/C15H15N5O/c1-3-14(19-5-7-21-8-6-19)4-2-12(1)13-9-16-15-18-17-11-20(15)10-13/h1-4,9-11H,5-8H2. The minimum Gasteiger partial charge on any atom is -0.378 e. The molecule has 0 spiro atoms. The van der Waals surface area contributed by atoms with Gasteiger partial charge in [0.15, 0.2) is 0 Å². The van der Waals surface area contributed by atoms with E-state index in [1.54, 1.807) is 6.33 Å². The number of morpholine rings is 1. The molecule has 0 N–H and O–H groups in total. The van der Waals surface area contributed by atoms with Gasteiger partial charge in [0.25, 0.3) is 5.78 Å². The molecule has 0 aliphatic carbocycles. The summed E-state index contributed by atoms with van der Waals surface area (Å²) in [5, 5.41) is 7.76. The lowest BCUT2D eigenvalue weighted by molar-refractivity contribution is 0.122. The van der Waals surface area contributed by atoms with Gasteiger partial charge >= 0.3 is 0 Å². The van der Waals surface area contributed by atoms with Gasteiger partial charge in [-0.05, 0) is 17.7 Å². The number of ether oxygens (including phenoxy) is 1. The summed E-state index contributed by atoms with van der Waals surface area (Å²) in [5.74, 6) is 0.615. The molecule has 106 valence electrons. The Kier molecular flexibility index (Phi) is 3.01. The zero-order chi connectivity index (χ0) is 14.1. The Bertz CT molecular complexity index is 746. The van der Waals surface area contributed by atoms with Crippen molar-refractivity contribution in [2.75, 3.05) is 31.2 Å². The summed E-state index contributed by atoms with van der Waals surface area (Å²) in [6.45, 7) is 3.51. The van der Waals surface area contributed by atoms with Gasteiger partial charge in [-0.2, -0.15) is 0 Å². The second-order valence-electron chi connectivity index (χ2n) is 5.03. The van der Waals surface area contributed by atoms with Crippen LogP contribution in [0, 0.1) is 0 Å². The maximum atomic E-state index is 5.38. The van der Waals surface area contributed by atoms with Crippen molar-refractivity contribution in [2.24, 2.45) is 0 Å². The molecule has 4 rings (SSSR count). The van der Waals surface area contributed by atoms with Gasteiger partial charge in [0.2, 0.25) is 0 Å². The first-order valence-corrected chi connectivity index (χ1v) is 6.99. The molecule has 6 nitrogen and oxygen atoms in total. The van der Waals surface area contributed by atoms with E-state index in [2.05, 4.69) is 44.3 Å². The van der Waals surface area contributed by atoms with Crippen LogP contribution >= 0.6 is 0 Å². The molecule has 0 bridgehead atoms. The normalized spacial score (nSPS) is 15.5. The summed E-state index contributed by atoms with van der Waals surface area (Å²) in [7, 11) is 0. The fourth-order valence-corrected chi connectivity index (χ4v) is 2.57. The fraction of sp³-hybridized carbons (Fsp3) is 0.267. The lowest BCUT2D eigenvalue weighted by Crippen LogP contribution is -2.36. The first-order chi connectivity index (χ1) is 10.4. The predicted molar refractivity (Wildman–Crippen MR) is 79.3 cm³/mol. The number of nitrogens with zero attached hydrogens (tertiary/aromatic N) is 5. The van der Waals surface area contributed by atoms with Crippen LogP contribution in [-0.4, -0.2) is 45.9 Å². The van der Waals surface area contributed by atoms with Crippen LogP contribution in [0.3, 0.4) is 0 Å². The molecule has 21 heavy (non-hydrogen) atoms. The molecule has 1 aromatic carbocycles. The van der Waals surface area contributed by atoms with Gasteiger partial charge in [-0.15, -0.1) is 10.2 Å². The van der Waals surface area contributed by atoms with E-state index in [0.29, 0.717) is 5.78 Å². The molecule has 0 radical (unpaired) electrons. The molecule has 0 amide bonds. The lowest BCUT2D eigenvalue weighted by Gasteiger charge is -2.28. The average molecular weight is 281 g/mol. The van der Waals surface area contributed by atoms with Crippen molar-refractivity contribution in [3.63, 3.8) is 0 Å². The van der Waals surface area contributed by atoms with Crippen LogP contribution in [0.25, 0.3) is 16.9 Å². The van der Waals surface area contributed by atoms with Crippen LogP contribution in [0.5, 0.6) is 0 Å². The van der Waals surface area contributed by atoms with Gasteiger partial charge < -0.3 is 9.64 Å². The second-order valence-corrected chi connectivity index (χ2v) is 5.03. The molecule has 1 saturated heterocycles. The number of aromatic nitrogens is 4. The number of fused-ring (bicyclic) bond motifs is 1. The van der Waals surface area contributed by atoms with Crippen molar-refractivity contribution in [3.05, 3.63) is 43.0 Å². The van der Waals surface area contributed by atoms with Gasteiger partial charge in [0.05, 0.1) is 13.2 Å². The van der Waals surface area contributed by atoms with Crippen molar-refractivity contribution in [2.45, 2.75) is 0 Å². The van der Waals surface area contributed by atoms with Crippen molar-refractivity contribution in [1.82, 2.24) is 19.6 Å². The van der Waals surface area contributed by atoms with E-state index in [1.807, 2.05) is 16.8 Å². The monoisotopic (exact) mass is 281 g/mol. The highest BCUT2D eigenvalue weighted by Crippen LogP contribution is 2.23. The lowest BCUT2D eigenvalue weighted by atomic mass is 10.1. The van der Waals surface area contributed by atoms with Crippen molar-refractivity contribution in [1.29, 1.82) is 0 Å². The summed E-state index contributed by atoms with van der Waals surface area (Å²) < 4.78 is 7.21. The third kappa shape index (κ3) is 2.34. The molecule has 1 fully saturated rings. The third-order valence-electron chi connectivity index (χ3n) is 3.73. The fourth-order valence-electron chi connectivity index (χ4n) is 2.57. The van der Waals surface area contributed by atoms with E-state index in [-0.39, 0.29) is 0 Å². The van der Waals surface area contributed by atoms with Crippen LogP contribution in [0.4, 0.5) is 5.69 Å². The highest BCUT2D eigenvalue weighted by Gasteiger charge is 2.11. The minimum atomic E-state index is 0.615. The summed E-state index contributed by atoms with van der Waals surface area (Å²) in [5.41, 5.74) is 3.42. The summed E-state index contributed by atoms with van der Waals surface area (Å²) in [6.07, 6.45) is 5.48. The summed E-state index contributed by atoms with van der Waals surface area (Å²) in [4.78, 5) is 6.63. The molecular weight excluding hydrogens is 266 g/mol. The predicted octanol–water partition coefficient (Wildman–Crippen LogP) is 1.63. The molecule has 1 aliphatic heterocycles. The van der Waals surface area contributed by atoms with E-state index in [1.165, 1.54) is 5.69 Å². The maximum absolute atomic E-state index is 5.38. The molecule has 2 aromatic heterocycles. The third-order valence-corrected chi connectivity index (χ3v) is 3.73. The molecule has 0 unspecified atom stereocenters. The summed E-state index contributed by atoms with van der Waals surface area (Å²) in [6, 6.07) is 8.55. The minimum absolute atomic E-state index is 0.615. The van der Waals surface area contributed by atoms with Crippen molar-refractivity contribution >= 4 is 11.5 Å². The van der Waals surface area contributed by atoms with Crippen LogP contribution in [0.2, 0.25) is 0 Å². The van der Waals surface area contributed by atoms with E-state index in [9.17, 15) is 0 Å². The molecule has 1 aliphatic rings. The van der Waals surface area contributed by atoms with Crippen molar-refractivity contribution in [3.8, 4) is 11.1 Å². The second kappa shape index (κ2) is 5.14. The number of hydrogen-bond donors (Lipinski definition) is 0. The Balaban J connectivity index is 1.62. The largest absolute Gasteiger partial charge is 0.378 e. The quantitative estimate of drug-likeness (QED) is 0.714. The molecule has 3 heterocycles. The van der Waals surface area contributed by atoms with Crippen LogP contribution in [-0.2, 0) is 4.74 Å². The number of rotatable bonds is 2. The van der Waals surface area contributed by atoms with E-state index >= 15 is 0 Å². The van der Waals surface area contributed by atoms with Crippen molar-refractivity contribution < 1.29 is 4.74 Å². The zero-order valence-corrected chi connectivity index (χ0v) is 11.5. The van der Waals surface area contributed by atoms with Gasteiger partial charge in [-0.1, -0.05) is 12.1 Å².